The van der Waals surface area contributed by atoms with Gasteiger partial charge in [0, 0.05) is 12.8 Å². The van der Waals surface area contributed by atoms with Gasteiger partial charge in [-0.15, -0.1) is 0 Å². The summed E-state index contributed by atoms with van der Waals surface area (Å²) in [6.07, 6.45) is 3.40. The first-order valence-electron chi connectivity index (χ1n) is 5.50. The molecule has 92 valence electrons. The molecular formula is C11H21N3O2. The maximum absolute atomic E-state index is 9.04. The van der Waals surface area contributed by atoms with E-state index in [0.717, 1.165) is 5.69 Å². The van der Waals surface area contributed by atoms with Crippen LogP contribution in [0.25, 0.3) is 0 Å². The number of imidazole rings is 1. The van der Waals surface area contributed by atoms with Crippen LogP contribution < -0.4 is 5.73 Å². The average molecular weight is 227 g/mol. The maximum Gasteiger partial charge on any atom is 0.0949 e. The van der Waals surface area contributed by atoms with Gasteiger partial charge < -0.3 is 20.1 Å². The Kier molecular flexibility index (Phi) is 4.46. The van der Waals surface area contributed by atoms with Crippen LogP contribution in [0.4, 0.5) is 0 Å². The molecule has 0 aromatic carbocycles. The van der Waals surface area contributed by atoms with Gasteiger partial charge in [-0.1, -0.05) is 0 Å². The van der Waals surface area contributed by atoms with Gasteiger partial charge in [0.2, 0.25) is 0 Å². The number of aliphatic hydroxyl groups excluding tert-OH is 1. The Bertz CT molecular complexity index is 323. The van der Waals surface area contributed by atoms with E-state index >= 15 is 0 Å². The van der Waals surface area contributed by atoms with Gasteiger partial charge >= 0.3 is 0 Å². The van der Waals surface area contributed by atoms with Crippen LogP contribution in [0.5, 0.6) is 0 Å². The molecule has 5 nitrogen and oxygen atoms in total. The zero-order chi connectivity index (χ0) is 12.2. The lowest BCUT2D eigenvalue weighted by molar-refractivity contribution is -0.0231. The molecule has 1 unspecified atom stereocenters. The Morgan fingerprint density at radius 1 is 1.62 bits per heavy atom. The first-order chi connectivity index (χ1) is 7.50. The van der Waals surface area contributed by atoms with Gasteiger partial charge in [0.15, 0.2) is 0 Å². The molecule has 0 fully saturated rings. The number of aliphatic hydroxyl groups is 1. The first-order valence-corrected chi connectivity index (χ1v) is 5.50. The second-order valence-electron chi connectivity index (χ2n) is 4.43. The van der Waals surface area contributed by atoms with E-state index in [1.54, 1.807) is 12.5 Å². The van der Waals surface area contributed by atoms with Crippen LogP contribution in [-0.2, 0) is 11.3 Å². The summed E-state index contributed by atoms with van der Waals surface area (Å²) >= 11 is 0. The topological polar surface area (TPSA) is 73.3 Å². The summed E-state index contributed by atoms with van der Waals surface area (Å²) in [5.41, 5.74) is 6.35. The van der Waals surface area contributed by atoms with Crippen LogP contribution in [0.15, 0.2) is 12.5 Å². The van der Waals surface area contributed by atoms with Crippen molar-refractivity contribution in [3.63, 3.8) is 0 Å². The minimum Gasteiger partial charge on any atom is -0.394 e. The second-order valence-corrected chi connectivity index (χ2v) is 4.43. The Hall–Kier alpha value is -0.910. The third-order valence-corrected chi connectivity index (χ3v) is 2.41. The molecule has 0 spiro atoms. The van der Waals surface area contributed by atoms with Gasteiger partial charge in [0.25, 0.3) is 0 Å². The summed E-state index contributed by atoms with van der Waals surface area (Å²) < 4.78 is 7.55. The molecule has 0 saturated carbocycles. The van der Waals surface area contributed by atoms with E-state index in [4.69, 9.17) is 15.6 Å². The van der Waals surface area contributed by atoms with Crippen molar-refractivity contribution >= 4 is 0 Å². The summed E-state index contributed by atoms with van der Waals surface area (Å²) in [4.78, 5) is 4.05. The van der Waals surface area contributed by atoms with Gasteiger partial charge in [-0.2, -0.15) is 0 Å². The Labute approximate surface area is 96.2 Å². The summed E-state index contributed by atoms with van der Waals surface area (Å²) in [5.74, 6) is 0. The van der Waals surface area contributed by atoms with Crippen molar-refractivity contribution < 1.29 is 9.84 Å². The van der Waals surface area contributed by atoms with E-state index in [2.05, 4.69) is 4.98 Å². The van der Waals surface area contributed by atoms with Crippen molar-refractivity contribution in [2.45, 2.75) is 39.0 Å². The number of aromatic nitrogens is 2. The van der Waals surface area contributed by atoms with Gasteiger partial charge in [-0.3, -0.25) is 0 Å². The van der Waals surface area contributed by atoms with E-state index in [9.17, 15) is 0 Å². The van der Waals surface area contributed by atoms with Crippen molar-refractivity contribution in [2.75, 3.05) is 13.2 Å². The van der Waals surface area contributed by atoms with Crippen LogP contribution in [0.2, 0.25) is 0 Å². The molecular weight excluding hydrogens is 206 g/mol. The fourth-order valence-electron chi connectivity index (χ4n) is 1.71. The number of nitrogens with zero attached hydrogens (tertiary/aromatic N) is 2. The van der Waals surface area contributed by atoms with Crippen LogP contribution in [0.1, 0.15) is 32.5 Å². The number of ether oxygens (including phenoxy) is 1. The standard InChI is InChI=1S/C11H21N3O2/c1-4-16-11(2,3)7-14-8-13-5-10(14)9(12)6-15/h5,8-9,15H,4,6-7,12H2,1-3H3. The molecule has 1 aromatic rings. The molecule has 5 heteroatoms. The summed E-state index contributed by atoms with van der Waals surface area (Å²) in [6.45, 7) is 7.26. The molecule has 0 saturated heterocycles. The highest BCUT2D eigenvalue weighted by molar-refractivity contribution is 5.05. The highest BCUT2D eigenvalue weighted by Gasteiger charge is 2.21. The van der Waals surface area contributed by atoms with Gasteiger partial charge in [-0.25, -0.2) is 4.98 Å². The fourth-order valence-corrected chi connectivity index (χ4v) is 1.71. The fraction of sp³-hybridized carbons (Fsp3) is 0.727. The molecule has 3 N–H and O–H groups in total. The predicted molar refractivity (Wildman–Crippen MR) is 61.9 cm³/mol. The van der Waals surface area contributed by atoms with E-state index in [0.29, 0.717) is 13.2 Å². The third kappa shape index (κ3) is 3.30. The smallest absolute Gasteiger partial charge is 0.0949 e. The minimum absolute atomic E-state index is 0.0826. The molecule has 0 bridgehead atoms. The Morgan fingerprint density at radius 2 is 2.31 bits per heavy atom. The largest absolute Gasteiger partial charge is 0.394 e. The minimum atomic E-state index is -0.389. The molecule has 0 radical (unpaired) electrons. The first kappa shape index (κ1) is 13.2. The highest BCUT2D eigenvalue weighted by atomic mass is 16.5. The van der Waals surface area contributed by atoms with E-state index < -0.39 is 0 Å². The average Bonchev–Trinajstić information content (AvgIpc) is 2.63. The normalized spacial score (nSPS) is 14.1. The molecule has 1 heterocycles. The summed E-state index contributed by atoms with van der Waals surface area (Å²) in [7, 11) is 0. The number of hydrogen-bond acceptors (Lipinski definition) is 4. The number of hydrogen-bond donors (Lipinski definition) is 2. The molecule has 0 amide bonds. The van der Waals surface area contributed by atoms with Crippen molar-refractivity contribution in [1.82, 2.24) is 9.55 Å². The molecule has 1 rings (SSSR count). The lowest BCUT2D eigenvalue weighted by Crippen LogP contribution is -2.32. The molecule has 0 aliphatic rings. The van der Waals surface area contributed by atoms with Crippen molar-refractivity contribution in [1.29, 1.82) is 0 Å². The van der Waals surface area contributed by atoms with Gasteiger partial charge in [0.05, 0.1) is 36.8 Å². The van der Waals surface area contributed by atoms with Crippen molar-refractivity contribution in [2.24, 2.45) is 5.73 Å². The molecule has 1 atom stereocenters. The van der Waals surface area contributed by atoms with E-state index in [1.807, 2.05) is 25.3 Å². The summed E-state index contributed by atoms with van der Waals surface area (Å²) in [5, 5.41) is 9.04. The van der Waals surface area contributed by atoms with E-state index in [1.165, 1.54) is 0 Å². The molecule has 1 aromatic heterocycles. The SMILES string of the molecule is CCOC(C)(C)Cn1cncc1C(N)CO. The quantitative estimate of drug-likeness (QED) is 0.750. The molecule has 0 aliphatic heterocycles. The zero-order valence-electron chi connectivity index (χ0n) is 10.2. The van der Waals surface area contributed by atoms with Crippen LogP contribution in [0.3, 0.4) is 0 Å². The third-order valence-electron chi connectivity index (χ3n) is 2.41. The van der Waals surface area contributed by atoms with Crippen LogP contribution in [-0.4, -0.2) is 33.5 Å². The number of nitrogens with two attached hydrogens (primary N) is 1. The van der Waals surface area contributed by atoms with Crippen LogP contribution in [0, 0.1) is 0 Å². The predicted octanol–water partition coefficient (Wildman–Crippen LogP) is 0.690. The monoisotopic (exact) mass is 227 g/mol. The lowest BCUT2D eigenvalue weighted by Gasteiger charge is -2.26. The number of rotatable bonds is 6. The van der Waals surface area contributed by atoms with Crippen molar-refractivity contribution in [3.8, 4) is 0 Å². The second kappa shape index (κ2) is 5.43. The molecule has 0 aliphatic carbocycles. The van der Waals surface area contributed by atoms with Crippen LogP contribution >= 0.6 is 0 Å². The van der Waals surface area contributed by atoms with Gasteiger partial charge in [0.1, 0.15) is 0 Å². The highest BCUT2D eigenvalue weighted by Crippen LogP contribution is 2.16. The van der Waals surface area contributed by atoms with E-state index in [-0.39, 0.29) is 18.2 Å². The summed E-state index contributed by atoms with van der Waals surface area (Å²) in [6, 6.07) is -0.389. The van der Waals surface area contributed by atoms with Crippen molar-refractivity contribution in [3.05, 3.63) is 18.2 Å². The lowest BCUT2D eigenvalue weighted by atomic mass is 10.1. The zero-order valence-corrected chi connectivity index (χ0v) is 10.2. The Balaban J connectivity index is 2.77. The molecule has 16 heavy (non-hydrogen) atoms. The maximum atomic E-state index is 9.04. The Morgan fingerprint density at radius 3 is 2.88 bits per heavy atom. The van der Waals surface area contributed by atoms with Gasteiger partial charge in [-0.05, 0) is 20.8 Å².